The first-order valence-corrected chi connectivity index (χ1v) is 11.8. The fourth-order valence-corrected chi connectivity index (χ4v) is 4.93. The Morgan fingerprint density at radius 3 is 2.52 bits per heavy atom. The summed E-state index contributed by atoms with van der Waals surface area (Å²) in [5.41, 5.74) is 3.29. The van der Waals surface area contributed by atoms with Crippen LogP contribution in [0.3, 0.4) is 0 Å². The summed E-state index contributed by atoms with van der Waals surface area (Å²) in [6.45, 7) is 12.4. The number of aliphatic hydroxyl groups is 1. The Balaban J connectivity index is 1.41. The molecule has 1 aliphatic heterocycles. The molecule has 0 amide bonds. The number of aromatic nitrogens is 2. The van der Waals surface area contributed by atoms with Crippen molar-refractivity contribution in [1.82, 2.24) is 20.2 Å². The van der Waals surface area contributed by atoms with Crippen molar-refractivity contribution in [3.8, 4) is 0 Å². The van der Waals surface area contributed by atoms with Crippen molar-refractivity contribution >= 4 is 17.4 Å². The molecule has 4 rings (SSSR count). The molecule has 3 atom stereocenters. The number of hydrogen-bond donors (Lipinski definition) is 2. The first-order chi connectivity index (χ1) is 14.9. The summed E-state index contributed by atoms with van der Waals surface area (Å²) in [5, 5.41) is 14.7. The zero-order valence-electron chi connectivity index (χ0n) is 18.8. The molecule has 1 unspecified atom stereocenters. The van der Waals surface area contributed by atoms with Crippen LogP contribution in [0, 0.1) is 0 Å². The monoisotopic (exact) mass is 443 g/mol. The average Bonchev–Trinajstić information content (AvgIpc) is 3.06. The molecule has 1 aromatic heterocycles. The van der Waals surface area contributed by atoms with Crippen LogP contribution in [0.5, 0.6) is 0 Å². The van der Waals surface area contributed by atoms with Gasteiger partial charge in [0.25, 0.3) is 0 Å². The molecular formula is C24H34ClN5O. The summed E-state index contributed by atoms with van der Waals surface area (Å²) in [7, 11) is 0. The maximum atomic E-state index is 10.3. The van der Waals surface area contributed by atoms with Gasteiger partial charge in [-0.2, -0.15) is 0 Å². The first-order valence-electron chi connectivity index (χ1n) is 11.4. The normalized spacial score (nSPS) is 22.7. The maximum absolute atomic E-state index is 10.3. The number of fused-ring (bicyclic) bond motifs is 1. The number of rotatable bonds is 7. The molecule has 0 saturated carbocycles. The molecular weight excluding hydrogens is 410 g/mol. The molecule has 168 valence electrons. The van der Waals surface area contributed by atoms with Gasteiger partial charge >= 0.3 is 0 Å². The Morgan fingerprint density at radius 1 is 1.13 bits per heavy atom. The third kappa shape index (κ3) is 5.20. The summed E-state index contributed by atoms with van der Waals surface area (Å²) >= 11 is 6.11. The summed E-state index contributed by atoms with van der Waals surface area (Å²) in [6.07, 6.45) is 1.89. The summed E-state index contributed by atoms with van der Waals surface area (Å²) in [4.78, 5) is 13.9. The van der Waals surface area contributed by atoms with Gasteiger partial charge in [-0.25, -0.2) is 9.97 Å². The Kier molecular flexibility index (Phi) is 7.12. The second-order valence-corrected chi connectivity index (χ2v) is 9.68. The highest BCUT2D eigenvalue weighted by Gasteiger charge is 2.33. The standard InChI is InChI=1S/C24H34ClN5O/c1-16(2)26-13-19(18-4-6-20(25)7-5-18)14-29-8-10-30(11-9-29)24-22-17(3)12-21(31)23(22)27-15-28-24/h4-7,15-17,19,21,26,31H,8-14H2,1-3H3/t17-,19?,21-/m1/s1. The SMILES string of the molecule is CC(C)NCC(CN1CCN(c2ncnc3c2[C@H](C)C[C@H]3O)CC1)c1ccc(Cl)cc1. The van der Waals surface area contributed by atoms with E-state index < -0.39 is 6.10 Å². The number of anilines is 1. The van der Waals surface area contributed by atoms with Gasteiger partial charge in [0.15, 0.2) is 0 Å². The lowest BCUT2D eigenvalue weighted by Gasteiger charge is -2.38. The van der Waals surface area contributed by atoms with Gasteiger partial charge in [-0.05, 0) is 30.0 Å². The smallest absolute Gasteiger partial charge is 0.135 e. The largest absolute Gasteiger partial charge is 0.387 e. The molecule has 0 spiro atoms. The van der Waals surface area contributed by atoms with E-state index in [-0.39, 0.29) is 0 Å². The van der Waals surface area contributed by atoms with Gasteiger partial charge in [0.1, 0.15) is 12.1 Å². The zero-order chi connectivity index (χ0) is 22.0. The first kappa shape index (κ1) is 22.5. The van der Waals surface area contributed by atoms with Crippen LogP contribution in [0.2, 0.25) is 5.02 Å². The number of piperazine rings is 1. The molecule has 0 radical (unpaired) electrons. The molecule has 0 bridgehead atoms. The van der Waals surface area contributed by atoms with E-state index in [1.807, 2.05) is 12.1 Å². The second kappa shape index (κ2) is 9.82. The zero-order valence-corrected chi connectivity index (χ0v) is 19.5. The number of halogens is 1. The molecule has 7 heteroatoms. The number of aliphatic hydroxyl groups excluding tert-OH is 1. The van der Waals surface area contributed by atoms with E-state index in [1.165, 1.54) is 5.56 Å². The van der Waals surface area contributed by atoms with E-state index in [9.17, 15) is 5.11 Å². The van der Waals surface area contributed by atoms with Gasteiger partial charge in [0.2, 0.25) is 0 Å². The van der Waals surface area contributed by atoms with Crippen molar-refractivity contribution in [1.29, 1.82) is 0 Å². The highest BCUT2D eigenvalue weighted by molar-refractivity contribution is 6.30. The summed E-state index contributed by atoms with van der Waals surface area (Å²) in [5.74, 6) is 1.74. The van der Waals surface area contributed by atoms with Crippen molar-refractivity contribution in [2.24, 2.45) is 0 Å². The quantitative estimate of drug-likeness (QED) is 0.682. The highest BCUT2D eigenvalue weighted by atomic mass is 35.5. The van der Waals surface area contributed by atoms with Crippen molar-refractivity contribution in [2.45, 2.75) is 51.2 Å². The number of hydrogen-bond acceptors (Lipinski definition) is 6. The lowest BCUT2D eigenvalue weighted by molar-refractivity contribution is 0.170. The Hall–Kier alpha value is -1.73. The van der Waals surface area contributed by atoms with E-state index >= 15 is 0 Å². The molecule has 2 aliphatic rings. The molecule has 1 aliphatic carbocycles. The predicted molar refractivity (Wildman–Crippen MR) is 126 cm³/mol. The van der Waals surface area contributed by atoms with Crippen LogP contribution in [0.25, 0.3) is 0 Å². The highest BCUT2D eigenvalue weighted by Crippen LogP contribution is 2.42. The molecule has 1 aromatic carbocycles. The molecule has 2 aromatic rings. The number of nitrogens with zero attached hydrogens (tertiary/aromatic N) is 4. The lowest BCUT2D eigenvalue weighted by Crippen LogP contribution is -2.49. The van der Waals surface area contributed by atoms with Gasteiger partial charge in [-0.15, -0.1) is 0 Å². The van der Waals surface area contributed by atoms with Gasteiger partial charge in [-0.3, -0.25) is 4.90 Å². The van der Waals surface area contributed by atoms with Gasteiger partial charge < -0.3 is 15.3 Å². The van der Waals surface area contributed by atoms with Crippen LogP contribution in [0.15, 0.2) is 30.6 Å². The van der Waals surface area contributed by atoms with E-state index in [2.05, 4.69) is 58.0 Å². The van der Waals surface area contributed by atoms with E-state index in [1.54, 1.807) is 6.33 Å². The molecule has 1 fully saturated rings. The minimum Gasteiger partial charge on any atom is -0.387 e. The van der Waals surface area contributed by atoms with Crippen LogP contribution in [0.4, 0.5) is 5.82 Å². The van der Waals surface area contributed by atoms with Crippen molar-refractivity contribution in [3.05, 3.63) is 52.4 Å². The van der Waals surface area contributed by atoms with Gasteiger partial charge in [0.05, 0.1) is 11.8 Å². The molecule has 6 nitrogen and oxygen atoms in total. The fourth-order valence-electron chi connectivity index (χ4n) is 4.81. The summed E-state index contributed by atoms with van der Waals surface area (Å²) in [6, 6.07) is 8.75. The molecule has 2 N–H and O–H groups in total. The third-order valence-electron chi connectivity index (χ3n) is 6.54. The third-order valence-corrected chi connectivity index (χ3v) is 6.80. The number of nitrogens with one attached hydrogen (secondary N) is 1. The van der Waals surface area contributed by atoms with E-state index in [0.717, 1.165) is 67.8 Å². The molecule has 31 heavy (non-hydrogen) atoms. The Morgan fingerprint density at radius 2 is 1.84 bits per heavy atom. The van der Waals surface area contributed by atoms with Crippen LogP contribution in [0.1, 0.15) is 62.0 Å². The lowest BCUT2D eigenvalue weighted by atomic mass is 9.97. The van der Waals surface area contributed by atoms with Crippen molar-refractivity contribution < 1.29 is 5.11 Å². The van der Waals surface area contributed by atoms with Gasteiger partial charge in [-0.1, -0.05) is 44.5 Å². The topological polar surface area (TPSA) is 64.5 Å². The fraction of sp³-hybridized carbons (Fsp3) is 0.583. The Labute approximate surface area is 190 Å². The van der Waals surface area contributed by atoms with Crippen LogP contribution in [-0.4, -0.2) is 65.3 Å². The Bertz CT molecular complexity index is 867. The van der Waals surface area contributed by atoms with Crippen LogP contribution >= 0.6 is 11.6 Å². The van der Waals surface area contributed by atoms with Crippen LogP contribution in [-0.2, 0) is 0 Å². The van der Waals surface area contributed by atoms with Crippen molar-refractivity contribution in [2.75, 3.05) is 44.2 Å². The minimum absolute atomic E-state index is 0.302. The molecule has 1 saturated heterocycles. The van der Waals surface area contributed by atoms with E-state index in [0.29, 0.717) is 17.9 Å². The maximum Gasteiger partial charge on any atom is 0.135 e. The molecule has 2 heterocycles. The summed E-state index contributed by atoms with van der Waals surface area (Å²) < 4.78 is 0. The predicted octanol–water partition coefficient (Wildman–Crippen LogP) is 3.57. The number of benzene rings is 1. The average molecular weight is 444 g/mol. The van der Waals surface area contributed by atoms with Crippen LogP contribution < -0.4 is 10.2 Å². The second-order valence-electron chi connectivity index (χ2n) is 9.25. The van der Waals surface area contributed by atoms with Gasteiger partial charge in [0, 0.05) is 61.8 Å². The van der Waals surface area contributed by atoms with Crippen molar-refractivity contribution in [3.63, 3.8) is 0 Å². The minimum atomic E-state index is -0.457. The van der Waals surface area contributed by atoms with E-state index in [4.69, 9.17) is 11.6 Å².